The van der Waals surface area contributed by atoms with Gasteiger partial charge in [0.25, 0.3) is 0 Å². The Labute approximate surface area is 84.8 Å². The molecule has 78 valence electrons. The van der Waals surface area contributed by atoms with Gasteiger partial charge in [0.2, 0.25) is 5.91 Å². The zero-order chi connectivity index (χ0) is 10.7. The minimum atomic E-state index is -0.0565. The first-order valence-electron chi connectivity index (χ1n) is 4.93. The monoisotopic (exact) mass is 195 g/mol. The average Bonchev–Trinajstić information content (AvgIpc) is 2.08. The van der Waals surface area contributed by atoms with Crippen molar-refractivity contribution in [3.05, 3.63) is 11.1 Å². The highest BCUT2D eigenvalue weighted by molar-refractivity contribution is 5.96. The summed E-state index contributed by atoms with van der Waals surface area (Å²) >= 11 is 0. The Kier molecular flexibility index (Phi) is 3.44. The van der Waals surface area contributed by atoms with Crippen molar-refractivity contribution in [1.29, 1.82) is 0 Å². The quantitative estimate of drug-likeness (QED) is 0.495. The number of Topliss-reactive ketones (excluding diaryl/α,β-unsaturated/α-hetero) is 1. The summed E-state index contributed by atoms with van der Waals surface area (Å²) in [5.74, 6) is -0.0942. The van der Waals surface area contributed by atoms with E-state index in [0.29, 0.717) is 6.54 Å². The number of rotatable bonds is 2. The summed E-state index contributed by atoms with van der Waals surface area (Å²) in [5, 5.41) is 0. The predicted molar refractivity (Wildman–Crippen MR) is 54.9 cm³/mol. The average molecular weight is 195 g/mol. The number of carbonyl (C=O) groups excluding carboxylic acids is 2. The van der Waals surface area contributed by atoms with Gasteiger partial charge in [0.15, 0.2) is 0 Å². The molecule has 0 radical (unpaired) electrons. The van der Waals surface area contributed by atoms with Crippen LogP contribution in [0.5, 0.6) is 0 Å². The van der Waals surface area contributed by atoms with Crippen molar-refractivity contribution < 1.29 is 9.59 Å². The van der Waals surface area contributed by atoms with Crippen molar-refractivity contribution in [2.24, 2.45) is 0 Å². The number of ketones is 1. The van der Waals surface area contributed by atoms with Gasteiger partial charge in [0, 0.05) is 13.1 Å². The van der Waals surface area contributed by atoms with Gasteiger partial charge in [-0.1, -0.05) is 11.1 Å². The van der Waals surface area contributed by atoms with E-state index in [-0.39, 0.29) is 18.1 Å². The zero-order valence-corrected chi connectivity index (χ0v) is 9.09. The summed E-state index contributed by atoms with van der Waals surface area (Å²) < 4.78 is 0. The molecule has 1 heterocycles. The number of nitrogens with zero attached hydrogens (tertiary/aromatic N) is 1. The molecule has 0 N–H and O–H groups in total. The first kappa shape index (κ1) is 11.0. The Morgan fingerprint density at radius 2 is 1.93 bits per heavy atom. The van der Waals surface area contributed by atoms with Gasteiger partial charge in [-0.2, -0.15) is 0 Å². The zero-order valence-electron chi connectivity index (χ0n) is 9.09. The van der Waals surface area contributed by atoms with Gasteiger partial charge in [-0.25, -0.2) is 0 Å². The van der Waals surface area contributed by atoms with Gasteiger partial charge in [-0.05, 0) is 27.2 Å². The molecule has 0 aromatic rings. The summed E-state index contributed by atoms with van der Waals surface area (Å²) in [7, 11) is 0. The molecule has 0 atom stereocenters. The minimum absolute atomic E-state index is 0.0376. The smallest absolute Gasteiger partial charge is 0.230 e. The Bertz CT molecular complexity index is 292. The third-order valence-electron chi connectivity index (χ3n) is 2.67. The Balaban J connectivity index is 2.57. The van der Waals surface area contributed by atoms with Crippen molar-refractivity contribution in [1.82, 2.24) is 4.90 Å². The lowest BCUT2D eigenvalue weighted by Crippen LogP contribution is -2.37. The van der Waals surface area contributed by atoms with Crippen molar-refractivity contribution in [3.8, 4) is 0 Å². The van der Waals surface area contributed by atoms with Crippen LogP contribution >= 0.6 is 0 Å². The van der Waals surface area contributed by atoms with Crippen LogP contribution in [-0.4, -0.2) is 29.7 Å². The van der Waals surface area contributed by atoms with Crippen LogP contribution in [0.2, 0.25) is 0 Å². The van der Waals surface area contributed by atoms with Gasteiger partial charge in [-0.3, -0.25) is 9.59 Å². The van der Waals surface area contributed by atoms with E-state index in [2.05, 4.69) is 6.92 Å². The summed E-state index contributed by atoms with van der Waals surface area (Å²) in [5.41, 5.74) is 2.63. The Morgan fingerprint density at radius 3 is 2.43 bits per heavy atom. The third-order valence-corrected chi connectivity index (χ3v) is 2.67. The van der Waals surface area contributed by atoms with Gasteiger partial charge in [-0.15, -0.1) is 0 Å². The van der Waals surface area contributed by atoms with Gasteiger partial charge in [0.1, 0.15) is 5.78 Å². The van der Waals surface area contributed by atoms with Crippen LogP contribution in [0.1, 0.15) is 33.6 Å². The molecule has 1 rings (SSSR count). The van der Waals surface area contributed by atoms with Crippen LogP contribution in [0.25, 0.3) is 0 Å². The maximum Gasteiger partial charge on any atom is 0.230 e. The first-order chi connectivity index (χ1) is 6.50. The van der Waals surface area contributed by atoms with E-state index in [1.54, 1.807) is 4.90 Å². The van der Waals surface area contributed by atoms with E-state index in [1.807, 2.05) is 6.92 Å². The lowest BCUT2D eigenvalue weighted by atomic mass is 10.0. The van der Waals surface area contributed by atoms with Crippen LogP contribution in [0.4, 0.5) is 0 Å². The van der Waals surface area contributed by atoms with Crippen LogP contribution in [-0.2, 0) is 9.59 Å². The summed E-state index contributed by atoms with van der Waals surface area (Å²) in [6, 6.07) is 0. The maximum absolute atomic E-state index is 11.5. The number of amides is 1. The van der Waals surface area contributed by atoms with Crippen LogP contribution in [0, 0.1) is 0 Å². The number of hydrogen-bond donors (Lipinski definition) is 0. The lowest BCUT2D eigenvalue weighted by molar-refractivity contribution is -0.134. The van der Waals surface area contributed by atoms with Crippen molar-refractivity contribution in [2.45, 2.75) is 33.6 Å². The van der Waals surface area contributed by atoms with Crippen molar-refractivity contribution >= 4 is 11.7 Å². The predicted octanol–water partition coefficient (Wildman–Crippen LogP) is 1.53. The number of carbonyl (C=O) groups is 2. The minimum Gasteiger partial charge on any atom is -0.338 e. The molecule has 0 saturated carbocycles. The van der Waals surface area contributed by atoms with Crippen LogP contribution < -0.4 is 0 Å². The molecule has 3 nitrogen and oxygen atoms in total. The topological polar surface area (TPSA) is 37.4 Å². The van der Waals surface area contributed by atoms with Crippen LogP contribution in [0.15, 0.2) is 11.1 Å². The molecule has 0 aromatic heterocycles. The van der Waals surface area contributed by atoms with E-state index in [1.165, 1.54) is 18.1 Å². The molecule has 3 heteroatoms. The molecule has 1 aliphatic rings. The molecule has 0 bridgehead atoms. The van der Waals surface area contributed by atoms with Gasteiger partial charge in [0.05, 0.1) is 6.42 Å². The number of hydrogen-bond acceptors (Lipinski definition) is 2. The Hall–Kier alpha value is -1.12. The molecule has 0 spiro atoms. The summed E-state index contributed by atoms with van der Waals surface area (Å²) in [6.07, 6.45) is 0.988. The summed E-state index contributed by atoms with van der Waals surface area (Å²) in [4.78, 5) is 24.1. The van der Waals surface area contributed by atoms with E-state index >= 15 is 0 Å². The molecule has 1 aliphatic heterocycles. The standard InChI is InChI=1S/C11H17NO2/c1-8-4-5-12(7-9(8)2)11(14)6-10(3)13/h4-7H2,1-3H3. The van der Waals surface area contributed by atoms with E-state index < -0.39 is 0 Å². The first-order valence-corrected chi connectivity index (χ1v) is 4.93. The molecule has 1 amide bonds. The highest BCUT2D eigenvalue weighted by Gasteiger charge is 2.19. The highest BCUT2D eigenvalue weighted by atomic mass is 16.2. The van der Waals surface area contributed by atoms with E-state index in [9.17, 15) is 9.59 Å². The molecule has 0 aromatic carbocycles. The van der Waals surface area contributed by atoms with Crippen molar-refractivity contribution in [2.75, 3.05) is 13.1 Å². The molecular weight excluding hydrogens is 178 g/mol. The second kappa shape index (κ2) is 4.40. The Morgan fingerprint density at radius 1 is 1.29 bits per heavy atom. The molecule has 0 unspecified atom stereocenters. The SMILES string of the molecule is CC(=O)CC(=O)N1CCC(C)=C(C)C1. The largest absolute Gasteiger partial charge is 0.338 e. The molecule has 0 aliphatic carbocycles. The normalized spacial score (nSPS) is 17.2. The van der Waals surface area contributed by atoms with Crippen molar-refractivity contribution in [3.63, 3.8) is 0 Å². The lowest BCUT2D eigenvalue weighted by Gasteiger charge is -2.28. The van der Waals surface area contributed by atoms with E-state index in [4.69, 9.17) is 0 Å². The second-order valence-corrected chi connectivity index (χ2v) is 4.00. The molecule has 0 saturated heterocycles. The second-order valence-electron chi connectivity index (χ2n) is 4.00. The molecular formula is C11H17NO2. The fraction of sp³-hybridized carbons (Fsp3) is 0.636. The van der Waals surface area contributed by atoms with Crippen LogP contribution in [0.3, 0.4) is 0 Å². The molecule has 14 heavy (non-hydrogen) atoms. The fourth-order valence-corrected chi connectivity index (χ4v) is 1.55. The fourth-order valence-electron chi connectivity index (χ4n) is 1.55. The van der Waals surface area contributed by atoms with Gasteiger partial charge < -0.3 is 4.90 Å². The third kappa shape index (κ3) is 2.69. The maximum atomic E-state index is 11.5. The van der Waals surface area contributed by atoms with E-state index in [0.717, 1.165) is 13.0 Å². The van der Waals surface area contributed by atoms with Gasteiger partial charge >= 0.3 is 0 Å². The highest BCUT2D eigenvalue weighted by Crippen LogP contribution is 2.17. The summed E-state index contributed by atoms with van der Waals surface area (Å²) in [6.45, 7) is 7.05. The molecule has 0 fully saturated rings.